The van der Waals surface area contributed by atoms with E-state index in [1.165, 1.54) is 0 Å². The topological polar surface area (TPSA) is 61.8 Å². The van der Waals surface area contributed by atoms with Gasteiger partial charge in [0.2, 0.25) is 10.2 Å². The maximum Gasteiger partial charge on any atom is 0.218 e. The van der Waals surface area contributed by atoms with Gasteiger partial charge in [0.25, 0.3) is 0 Å². The Labute approximate surface area is 124 Å². The van der Waals surface area contributed by atoms with Crippen LogP contribution < -0.4 is 10.1 Å². The number of nitrogens with zero attached hydrogens (tertiary/aromatic N) is 1. The van der Waals surface area contributed by atoms with E-state index in [4.69, 9.17) is 17.0 Å². The first-order chi connectivity index (χ1) is 9.48. The normalized spacial score (nSPS) is 32.1. The van der Waals surface area contributed by atoms with Crippen LogP contribution in [0, 0.1) is 0 Å². The molecule has 5 nitrogen and oxygen atoms in total. The SMILES string of the molecule is COc1ccc(CN2C(=S)N[C@@H]3C[S+](=O)(O)C[C@@H]32)cc1. The molecule has 0 saturated carbocycles. The van der Waals surface area contributed by atoms with Gasteiger partial charge < -0.3 is 15.0 Å². The molecule has 0 radical (unpaired) electrons. The third-order valence-electron chi connectivity index (χ3n) is 3.82. The van der Waals surface area contributed by atoms with Gasteiger partial charge >= 0.3 is 0 Å². The monoisotopic (exact) mass is 313 g/mol. The lowest BCUT2D eigenvalue weighted by atomic mass is 10.1. The fraction of sp³-hybridized carbons (Fsp3) is 0.462. The summed E-state index contributed by atoms with van der Waals surface area (Å²) in [6.07, 6.45) is 0. The van der Waals surface area contributed by atoms with Crippen LogP contribution in [0.2, 0.25) is 0 Å². The van der Waals surface area contributed by atoms with Crippen LogP contribution in [0.1, 0.15) is 5.56 Å². The van der Waals surface area contributed by atoms with E-state index in [1.54, 1.807) is 7.11 Å². The molecule has 1 unspecified atom stereocenters. The number of hydrogen-bond donors (Lipinski definition) is 2. The van der Waals surface area contributed by atoms with Gasteiger partial charge in [-0.15, -0.1) is 0 Å². The second-order valence-corrected chi connectivity index (χ2v) is 7.80. The molecule has 3 atom stereocenters. The van der Waals surface area contributed by atoms with Crippen LogP contribution in [0.3, 0.4) is 0 Å². The van der Waals surface area contributed by atoms with Crippen molar-refractivity contribution in [2.75, 3.05) is 18.6 Å². The molecule has 2 heterocycles. The highest BCUT2D eigenvalue weighted by molar-refractivity contribution is 7.98. The average Bonchev–Trinajstić information content (AvgIpc) is 2.84. The summed E-state index contributed by atoms with van der Waals surface area (Å²) in [4.78, 5) is 2.02. The number of thiocarbonyl (C=S) groups is 1. The lowest BCUT2D eigenvalue weighted by Crippen LogP contribution is -2.36. The lowest BCUT2D eigenvalue weighted by Gasteiger charge is -2.22. The van der Waals surface area contributed by atoms with E-state index < -0.39 is 10.2 Å². The molecule has 0 spiro atoms. The first kappa shape index (κ1) is 13.8. The van der Waals surface area contributed by atoms with E-state index in [9.17, 15) is 8.76 Å². The summed E-state index contributed by atoms with van der Waals surface area (Å²) in [6, 6.07) is 7.80. The van der Waals surface area contributed by atoms with Crippen molar-refractivity contribution in [3.8, 4) is 5.75 Å². The van der Waals surface area contributed by atoms with E-state index in [-0.39, 0.29) is 17.8 Å². The molecule has 2 fully saturated rings. The van der Waals surface area contributed by atoms with Crippen molar-refractivity contribution in [3.63, 3.8) is 0 Å². The van der Waals surface area contributed by atoms with Gasteiger partial charge in [0, 0.05) is 6.54 Å². The standard InChI is InChI=1S/C13H16N2O3S2/c1-18-10-4-2-9(3-5-10)6-15-12-8-20(16,17)7-11(12)14-13(15)19/h2-5,11-12H,6-8H2,1H3,(H-,14,16,17,19)/p+1/t11-,12+/m1/s1. The second-order valence-electron chi connectivity index (χ2n) is 5.21. The predicted molar refractivity (Wildman–Crippen MR) is 82.3 cm³/mol. The van der Waals surface area contributed by atoms with Crippen LogP contribution in [0.15, 0.2) is 24.3 Å². The van der Waals surface area contributed by atoms with Crippen molar-refractivity contribution < 1.29 is 13.5 Å². The Balaban J connectivity index is 1.75. The summed E-state index contributed by atoms with van der Waals surface area (Å²) in [6.45, 7) is 0.645. The van der Waals surface area contributed by atoms with Crippen molar-refractivity contribution in [3.05, 3.63) is 29.8 Å². The Hall–Kier alpha value is -1.18. The molecule has 1 aromatic rings. The van der Waals surface area contributed by atoms with Crippen LogP contribution in [-0.2, 0) is 21.0 Å². The molecule has 0 bridgehead atoms. The fourth-order valence-electron chi connectivity index (χ4n) is 2.80. The summed E-state index contributed by atoms with van der Waals surface area (Å²) in [7, 11) is -1.06. The molecule has 0 amide bonds. The van der Waals surface area contributed by atoms with Crippen LogP contribution in [-0.4, -0.2) is 45.3 Å². The molecular weight excluding hydrogens is 296 g/mol. The zero-order valence-corrected chi connectivity index (χ0v) is 12.7. The Morgan fingerprint density at radius 3 is 2.80 bits per heavy atom. The molecule has 2 N–H and O–H groups in total. The van der Waals surface area contributed by atoms with Gasteiger partial charge in [0.15, 0.2) is 16.6 Å². The number of methoxy groups -OCH3 is 1. The van der Waals surface area contributed by atoms with Gasteiger partial charge in [-0.25, -0.2) is 0 Å². The average molecular weight is 313 g/mol. The zero-order chi connectivity index (χ0) is 14.3. The van der Waals surface area contributed by atoms with Crippen LogP contribution in [0.25, 0.3) is 0 Å². The summed E-state index contributed by atoms with van der Waals surface area (Å²) in [5, 5.41) is 3.83. The third kappa shape index (κ3) is 2.53. The highest BCUT2D eigenvalue weighted by Crippen LogP contribution is 2.28. The summed E-state index contributed by atoms with van der Waals surface area (Å²) in [5.74, 6) is 1.39. The van der Waals surface area contributed by atoms with Crippen molar-refractivity contribution in [1.29, 1.82) is 0 Å². The van der Waals surface area contributed by atoms with Crippen molar-refractivity contribution in [1.82, 2.24) is 10.2 Å². The molecule has 108 valence electrons. The Kier molecular flexibility index (Phi) is 3.43. The number of nitrogens with one attached hydrogen (secondary N) is 1. The molecule has 3 rings (SSSR count). The quantitative estimate of drug-likeness (QED) is 0.644. The first-order valence-electron chi connectivity index (χ1n) is 6.40. The highest BCUT2D eigenvalue weighted by Gasteiger charge is 2.53. The summed E-state index contributed by atoms with van der Waals surface area (Å²) in [5.41, 5.74) is 1.10. The van der Waals surface area contributed by atoms with Crippen LogP contribution in [0.5, 0.6) is 5.75 Å². The van der Waals surface area contributed by atoms with Crippen LogP contribution >= 0.6 is 12.2 Å². The van der Waals surface area contributed by atoms with Gasteiger partial charge in [0.1, 0.15) is 17.8 Å². The van der Waals surface area contributed by atoms with Crippen LogP contribution in [0.4, 0.5) is 0 Å². The molecule has 1 aromatic carbocycles. The Bertz CT molecular complexity index is 575. The van der Waals surface area contributed by atoms with Gasteiger partial charge in [-0.05, 0) is 29.9 Å². The lowest BCUT2D eigenvalue weighted by molar-refractivity contribution is 0.347. The minimum absolute atomic E-state index is 0.00162. The number of hydrogen-bond acceptors (Lipinski definition) is 3. The smallest absolute Gasteiger partial charge is 0.218 e. The third-order valence-corrected chi connectivity index (χ3v) is 5.91. The molecule has 2 aliphatic rings. The molecule has 0 aliphatic carbocycles. The van der Waals surface area contributed by atoms with Crippen molar-refractivity contribution in [2.24, 2.45) is 0 Å². The molecule has 2 aliphatic heterocycles. The summed E-state index contributed by atoms with van der Waals surface area (Å²) < 4.78 is 26.7. The van der Waals surface area contributed by atoms with Gasteiger partial charge in [-0.2, -0.15) is 4.55 Å². The minimum atomic E-state index is -2.70. The molecular formula is C13H17N2O3S2+. The maximum absolute atomic E-state index is 11.8. The second kappa shape index (κ2) is 4.98. The van der Waals surface area contributed by atoms with E-state index >= 15 is 0 Å². The molecule has 2 saturated heterocycles. The number of benzene rings is 1. The minimum Gasteiger partial charge on any atom is -0.497 e. The van der Waals surface area contributed by atoms with Gasteiger partial charge in [0.05, 0.1) is 7.11 Å². The number of rotatable bonds is 3. The van der Waals surface area contributed by atoms with E-state index in [2.05, 4.69) is 5.32 Å². The van der Waals surface area contributed by atoms with Crippen molar-refractivity contribution >= 4 is 27.5 Å². The molecule has 20 heavy (non-hydrogen) atoms. The molecule has 7 heteroatoms. The summed E-state index contributed by atoms with van der Waals surface area (Å²) >= 11 is 5.33. The van der Waals surface area contributed by atoms with Crippen molar-refractivity contribution in [2.45, 2.75) is 18.6 Å². The highest BCUT2D eigenvalue weighted by atomic mass is 32.3. The maximum atomic E-state index is 11.8. The molecule has 0 aromatic heterocycles. The van der Waals surface area contributed by atoms with Gasteiger partial charge in [-0.1, -0.05) is 16.3 Å². The Morgan fingerprint density at radius 1 is 1.45 bits per heavy atom. The van der Waals surface area contributed by atoms with E-state index in [0.717, 1.165) is 11.3 Å². The number of ether oxygens (including phenoxy) is 1. The Morgan fingerprint density at radius 2 is 2.15 bits per heavy atom. The zero-order valence-electron chi connectivity index (χ0n) is 11.1. The largest absolute Gasteiger partial charge is 0.497 e. The number of fused-ring (bicyclic) bond motifs is 1. The predicted octanol–water partition coefficient (Wildman–Crippen LogP) is 1.11. The first-order valence-corrected chi connectivity index (χ1v) is 8.67. The van der Waals surface area contributed by atoms with E-state index in [1.807, 2.05) is 29.2 Å². The fourth-order valence-corrected chi connectivity index (χ4v) is 5.10. The van der Waals surface area contributed by atoms with E-state index in [0.29, 0.717) is 17.4 Å². The van der Waals surface area contributed by atoms with Gasteiger partial charge in [-0.3, -0.25) is 0 Å².